The predicted molar refractivity (Wildman–Crippen MR) is 42.7 cm³/mol. The predicted octanol–water partition coefficient (Wildman–Crippen LogP) is 1.64. The van der Waals surface area contributed by atoms with Crippen molar-refractivity contribution in [2.24, 2.45) is 5.92 Å². The summed E-state index contributed by atoms with van der Waals surface area (Å²) in [7, 11) is 0. The Morgan fingerprint density at radius 3 is 2.42 bits per heavy atom. The maximum atomic E-state index is 10.5. The van der Waals surface area contributed by atoms with Gasteiger partial charge in [-0.2, -0.15) is 0 Å². The maximum Gasteiger partial charge on any atom is 0.314 e. The van der Waals surface area contributed by atoms with Crippen molar-refractivity contribution >= 4 is 5.97 Å². The first-order chi connectivity index (χ1) is 5.63. The summed E-state index contributed by atoms with van der Waals surface area (Å²) in [6.45, 7) is 1.92. The third kappa shape index (κ3) is 3.27. The molecule has 0 saturated heterocycles. The molecule has 1 radical (unpaired) electrons. The van der Waals surface area contributed by atoms with Gasteiger partial charge < -0.3 is 15.3 Å². The SMILES string of the molecule is CCCCC(C(=O)O)/C(O)=[C]/O. The number of hydrogen-bond donors (Lipinski definition) is 3. The molecular weight excluding hydrogens is 160 g/mol. The van der Waals surface area contributed by atoms with E-state index in [0.29, 0.717) is 12.8 Å². The average Bonchev–Trinajstić information content (AvgIpc) is 2.04. The molecule has 0 aliphatic rings. The van der Waals surface area contributed by atoms with Crippen LogP contribution in [0.1, 0.15) is 26.2 Å². The Morgan fingerprint density at radius 1 is 1.50 bits per heavy atom. The van der Waals surface area contributed by atoms with E-state index in [1.54, 1.807) is 0 Å². The van der Waals surface area contributed by atoms with Crippen molar-refractivity contribution in [3.05, 3.63) is 12.0 Å². The quantitative estimate of drug-likeness (QED) is 0.552. The van der Waals surface area contributed by atoms with Gasteiger partial charge in [-0.25, -0.2) is 0 Å². The monoisotopic (exact) mass is 173 g/mol. The first-order valence-corrected chi connectivity index (χ1v) is 3.82. The molecule has 4 nitrogen and oxygen atoms in total. The van der Waals surface area contributed by atoms with Crippen molar-refractivity contribution in [3.63, 3.8) is 0 Å². The Morgan fingerprint density at radius 2 is 2.08 bits per heavy atom. The Balaban J connectivity index is 4.14. The van der Waals surface area contributed by atoms with Gasteiger partial charge in [0.15, 0.2) is 12.0 Å². The number of carboxylic acid groups (broad SMARTS) is 1. The third-order valence-corrected chi connectivity index (χ3v) is 1.59. The van der Waals surface area contributed by atoms with E-state index in [1.807, 2.05) is 6.92 Å². The molecule has 3 N–H and O–H groups in total. The molecule has 12 heavy (non-hydrogen) atoms. The smallest absolute Gasteiger partial charge is 0.314 e. The molecule has 0 amide bonds. The molecule has 1 atom stereocenters. The van der Waals surface area contributed by atoms with Crippen LogP contribution in [0.3, 0.4) is 0 Å². The Kier molecular flexibility index (Phi) is 4.92. The molecule has 0 aliphatic heterocycles. The van der Waals surface area contributed by atoms with Gasteiger partial charge in [-0.1, -0.05) is 19.8 Å². The highest BCUT2D eigenvalue weighted by Gasteiger charge is 2.21. The summed E-state index contributed by atoms with van der Waals surface area (Å²) in [6, 6.07) is 0. The summed E-state index contributed by atoms with van der Waals surface area (Å²) in [5.74, 6) is -2.76. The van der Waals surface area contributed by atoms with Crippen LogP contribution >= 0.6 is 0 Å². The third-order valence-electron chi connectivity index (χ3n) is 1.59. The molecule has 0 aromatic rings. The number of unbranched alkanes of at least 4 members (excludes halogenated alkanes) is 1. The summed E-state index contributed by atoms with van der Waals surface area (Å²) in [5.41, 5.74) is 0. The topological polar surface area (TPSA) is 77.8 Å². The summed E-state index contributed by atoms with van der Waals surface area (Å²) >= 11 is 0. The van der Waals surface area contributed by atoms with Crippen molar-refractivity contribution < 1.29 is 20.1 Å². The molecule has 69 valence electrons. The first kappa shape index (κ1) is 10.8. The lowest BCUT2D eigenvalue weighted by Gasteiger charge is -2.08. The van der Waals surface area contributed by atoms with E-state index in [-0.39, 0.29) is 0 Å². The second kappa shape index (κ2) is 5.46. The standard InChI is InChI=1S/C8H13O4/c1-2-3-4-6(8(11)12)7(10)5-9/h6,9-10H,2-4H2,1H3,(H,11,12). The number of aliphatic hydroxyl groups is 2. The minimum absolute atomic E-state index is 0.325. The summed E-state index contributed by atoms with van der Waals surface area (Å²) in [5, 5.41) is 25.7. The highest BCUT2D eigenvalue weighted by molar-refractivity contribution is 5.72. The molecular formula is C8H13O4. The zero-order valence-corrected chi connectivity index (χ0v) is 6.95. The molecule has 0 bridgehead atoms. The molecule has 0 aliphatic carbocycles. The van der Waals surface area contributed by atoms with Crippen LogP contribution in [0.15, 0.2) is 5.76 Å². The lowest BCUT2D eigenvalue weighted by atomic mass is 10.0. The van der Waals surface area contributed by atoms with Crippen LogP contribution in [0.25, 0.3) is 0 Å². The molecule has 0 rings (SSSR count). The zero-order valence-electron chi connectivity index (χ0n) is 6.95. The second-order valence-electron chi connectivity index (χ2n) is 2.53. The van der Waals surface area contributed by atoms with Crippen LogP contribution in [0.4, 0.5) is 0 Å². The van der Waals surface area contributed by atoms with Crippen LogP contribution in [-0.4, -0.2) is 21.3 Å². The highest BCUT2D eigenvalue weighted by Crippen LogP contribution is 2.15. The van der Waals surface area contributed by atoms with E-state index < -0.39 is 17.6 Å². The fourth-order valence-corrected chi connectivity index (χ4v) is 0.863. The van der Waals surface area contributed by atoms with Crippen molar-refractivity contribution in [3.8, 4) is 0 Å². The molecule has 0 spiro atoms. The van der Waals surface area contributed by atoms with Crippen molar-refractivity contribution in [2.45, 2.75) is 26.2 Å². The number of aliphatic hydroxyl groups excluding tert-OH is 2. The lowest BCUT2D eigenvalue weighted by molar-refractivity contribution is -0.141. The fourth-order valence-electron chi connectivity index (χ4n) is 0.863. The number of carbonyl (C=O) groups is 1. The zero-order chi connectivity index (χ0) is 9.56. The van der Waals surface area contributed by atoms with Gasteiger partial charge in [-0.3, -0.25) is 4.79 Å². The Labute approximate surface area is 71.1 Å². The van der Waals surface area contributed by atoms with Gasteiger partial charge in [0.2, 0.25) is 0 Å². The molecule has 0 fully saturated rings. The van der Waals surface area contributed by atoms with Crippen LogP contribution in [0.5, 0.6) is 0 Å². The van der Waals surface area contributed by atoms with Crippen LogP contribution in [0, 0.1) is 12.2 Å². The fraction of sp³-hybridized carbons (Fsp3) is 0.625. The van der Waals surface area contributed by atoms with Gasteiger partial charge >= 0.3 is 5.97 Å². The second-order valence-corrected chi connectivity index (χ2v) is 2.53. The van der Waals surface area contributed by atoms with E-state index in [1.165, 1.54) is 6.26 Å². The Bertz CT molecular complexity index is 174. The van der Waals surface area contributed by atoms with Crippen molar-refractivity contribution in [1.29, 1.82) is 0 Å². The molecule has 0 saturated carbocycles. The van der Waals surface area contributed by atoms with E-state index in [9.17, 15) is 4.79 Å². The average molecular weight is 173 g/mol. The van der Waals surface area contributed by atoms with Crippen molar-refractivity contribution in [1.82, 2.24) is 0 Å². The van der Waals surface area contributed by atoms with Gasteiger partial charge in [0.05, 0.1) is 0 Å². The van der Waals surface area contributed by atoms with E-state index in [0.717, 1.165) is 6.42 Å². The minimum atomic E-state index is -1.14. The molecule has 4 heteroatoms. The number of hydrogen-bond acceptors (Lipinski definition) is 3. The van der Waals surface area contributed by atoms with Crippen LogP contribution in [0.2, 0.25) is 0 Å². The number of aliphatic carboxylic acids is 1. The van der Waals surface area contributed by atoms with Gasteiger partial charge in [0.25, 0.3) is 0 Å². The van der Waals surface area contributed by atoms with Gasteiger partial charge in [0.1, 0.15) is 5.92 Å². The van der Waals surface area contributed by atoms with E-state index in [4.69, 9.17) is 15.3 Å². The largest absolute Gasteiger partial charge is 0.507 e. The summed E-state index contributed by atoms with van der Waals surface area (Å²) < 4.78 is 0. The summed E-state index contributed by atoms with van der Waals surface area (Å²) in [4.78, 5) is 10.5. The van der Waals surface area contributed by atoms with Crippen LogP contribution in [-0.2, 0) is 4.79 Å². The molecule has 0 heterocycles. The van der Waals surface area contributed by atoms with E-state index >= 15 is 0 Å². The first-order valence-electron chi connectivity index (χ1n) is 3.82. The minimum Gasteiger partial charge on any atom is -0.507 e. The lowest BCUT2D eigenvalue weighted by Crippen LogP contribution is -2.16. The van der Waals surface area contributed by atoms with Crippen LogP contribution < -0.4 is 0 Å². The van der Waals surface area contributed by atoms with Crippen molar-refractivity contribution in [2.75, 3.05) is 0 Å². The molecule has 1 unspecified atom stereocenters. The molecule has 0 aromatic heterocycles. The molecule has 0 aromatic carbocycles. The number of rotatable bonds is 5. The van der Waals surface area contributed by atoms with Gasteiger partial charge in [-0.15, -0.1) is 0 Å². The maximum absolute atomic E-state index is 10.5. The van der Waals surface area contributed by atoms with E-state index in [2.05, 4.69) is 0 Å². The normalized spacial score (nSPS) is 14.2. The Hall–Kier alpha value is -1.19. The highest BCUT2D eigenvalue weighted by atomic mass is 16.4. The summed E-state index contributed by atoms with van der Waals surface area (Å²) in [6.07, 6.45) is 3.32. The number of carboxylic acids is 1. The van der Waals surface area contributed by atoms with Gasteiger partial charge in [0, 0.05) is 0 Å². The van der Waals surface area contributed by atoms with Gasteiger partial charge in [-0.05, 0) is 6.42 Å².